The molecule has 0 aromatic rings. The highest BCUT2D eigenvalue weighted by atomic mass is 16.6. The fourth-order valence-electron chi connectivity index (χ4n) is 3.69. The van der Waals surface area contributed by atoms with Gasteiger partial charge in [-0.25, -0.2) is 9.59 Å². The quantitative estimate of drug-likeness (QED) is 0.0218. The Morgan fingerprint density at radius 2 is 1.19 bits per heavy atom. The van der Waals surface area contributed by atoms with E-state index in [1.165, 1.54) is 0 Å². The van der Waals surface area contributed by atoms with Crippen molar-refractivity contribution in [3.63, 3.8) is 0 Å². The Morgan fingerprint density at radius 1 is 0.660 bits per heavy atom. The van der Waals surface area contributed by atoms with Crippen LogP contribution in [0.5, 0.6) is 0 Å². The molecule has 22 heteroatoms. The van der Waals surface area contributed by atoms with Gasteiger partial charge in [0.1, 0.15) is 61.1 Å². The first-order chi connectivity index (χ1) is 21.8. The minimum absolute atomic E-state index is 0.158. The van der Waals surface area contributed by atoms with Crippen molar-refractivity contribution >= 4 is 47.9 Å². The predicted octanol–water partition coefficient (Wildman–Crippen LogP) is -9.38. The third-order valence-electron chi connectivity index (χ3n) is 6.20. The summed E-state index contributed by atoms with van der Waals surface area (Å²) < 4.78 is 9.59. The Balaban J connectivity index is 6.38. The lowest BCUT2D eigenvalue weighted by atomic mass is 9.95. The molecule has 0 radical (unpaired) electrons. The molecule has 0 aromatic heterocycles. The van der Waals surface area contributed by atoms with Crippen molar-refractivity contribution in [3.8, 4) is 0 Å². The Kier molecular flexibility index (Phi) is 18.7. The maximum Gasteiger partial charge on any atom is 0.375 e. The second-order valence-corrected chi connectivity index (χ2v) is 9.91. The van der Waals surface area contributed by atoms with Gasteiger partial charge in [-0.2, -0.15) is 0 Å². The van der Waals surface area contributed by atoms with Gasteiger partial charge in [-0.05, 0) is 0 Å². The Bertz CT molecular complexity index is 1120. The summed E-state index contributed by atoms with van der Waals surface area (Å²) in [6.45, 7) is -0.801. The molecule has 0 spiro atoms. The molecule has 268 valence electrons. The van der Waals surface area contributed by atoms with E-state index in [0.29, 0.717) is 0 Å². The normalized spacial score (nSPS) is 19.0. The Hall–Kier alpha value is -3.84. The van der Waals surface area contributed by atoms with Crippen LogP contribution in [0.15, 0.2) is 0 Å². The van der Waals surface area contributed by atoms with Crippen molar-refractivity contribution in [3.05, 3.63) is 0 Å². The van der Waals surface area contributed by atoms with Gasteiger partial charge in [0.25, 0.3) is 0 Å². The molecular weight excluding hydrogens is 648 g/mol. The maximum atomic E-state index is 12.7. The largest absolute Gasteiger partial charge is 0.454 e. The van der Waals surface area contributed by atoms with Crippen LogP contribution in [-0.2, 0) is 47.8 Å². The van der Waals surface area contributed by atoms with Crippen LogP contribution in [0, 0.1) is 0 Å². The second kappa shape index (κ2) is 20.4. The van der Waals surface area contributed by atoms with Gasteiger partial charge in [0, 0.05) is 13.8 Å². The van der Waals surface area contributed by atoms with Crippen LogP contribution in [0.3, 0.4) is 0 Å². The highest BCUT2D eigenvalue weighted by Crippen LogP contribution is 2.18. The van der Waals surface area contributed by atoms with Gasteiger partial charge in [-0.3, -0.25) is 19.2 Å². The minimum atomic E-state index is -2.83. The number of amides is 2. The van der Waals surface area contributed by atoms with E-state index in [1.807, 2.05) is 10.6 Å². The molecule has 22 nitrogen and oxygen atoms in total. The molecule has 0 bridgehead atoms. The molecule has 2 amide bonds. The monoisotopic (exact) mass is 686 g/mol. The zero-order valence-electron chi connectivity index (χ0n) is 24.8. The molecule has 0 saturated carbocycles. The average molecular weight is 687 g/mol. The number of rotatable bonds is 22. The van der Waals surface area contributed by atoms with E-state index in [9.17, 15) is 84.3 Å². The van der Waals surface area contributed by atoms with Crippen LogP contribution in [0.25, 0.3) is 0 Å². The summed E-state index contributed by atoms with van der Waals surface area (Å²) in [5.74, 6) is -9.38. The molecule has 12 N–H and O–H groups in total. The zero-order valence-corrected chi connectivity index (χ0v) is 24.8. The number of ether oxygens (including phenoxy) is 2. The topological polar surface area (TPSA) is 381 Å². The summed E-state index contributed by atoms with van der Waals surface area (Å²) >= 11 is 0. The number of ketones is 2. The molecule has 0 aliphatic heterocycles. The molecule has 0 aliphatic rings. The summed E-state index contributed by atoms with van der Waals surface area (Å²) in [6, 6.07) is -4.27. The van der Waals surface area contributed by atoms with Crippen LogP contribution >= 0.6 is 0 Å². The van der Waals surface area contributed by atoms with Crippen LogP contribution in [0.2, 0.25) is 0 Å². The number of aldehydes is 2. The summed E-state index contributed by atoms with van der Waals surface area (Å²) in [5.41, 5.74) is 0. The number of esters is 2. The highest BCUT2D eigenvalue weighted by Gasteiger charge is 2.45. The number of aliphatic hydroxyl groups excluding tert-OH is 10. The van der Waals surface area contributed by atoms with Crippen LogP contribution in [0.1, 0.15) is 20.3 Å². The zero-order chi connectivity index (χ0) is 36.8. The van der Waals surface area contributed by atoms with Gasteiger partial charge in [-0.1, -0.05) is 0 Å². The third-order valence-corrected chi connectivity index (χ3v) is 6.20. The van der Waals surface area contributed by atoms with Crippen molar-refractivity contribution in [2.45, 2.75) is 93.4 Å². The number of aliphatic hydroxyl groups is 10. The van der Waals surface area contributed by atoms with Crippen molar-refractivity contribution in [2.24, 2.45) is 0 Å². The molecule has 12 atom stereocenters. The first kappa shape index (κ1) is 43.2. The number of hydrogen-bond acceptors (Lipinski definition) is 20. The average Bonchev–Trinajstić information content (AvgIpc) is 3.03. The standard InChI is InChI=1S/C25H38N2O20/c1-8(32)26-10(4-28)22(46-25(45)21(43)20(42)18(40)14(37)6-30)23(15(38)7-31)47-24(44)12(35)3-11(34)16(27-9(2)33)19(41)17(39)13(36)5-29/h4,6,10,13-23,29,31,36-43H,3,5,7H2,1-2H3,(H,26,32)(H,27,33)/t10-,13-,14-,15+,16+,17+,18+,19-,20-,21-,22+,23-/m0/s1. The van der Waals surface area contributed by atoms with E-state index in [4.69, 9.17) is 14.6 Å². The maximum absolute atomic E-state index is 12.7. The molecule has 0 aliphatic carbocycles. The predicted molar refractivity (Wildman–Crippen MR) is 144 cm³/mol. The fourth-order valence-corrected chi connectivity index (χ4v) is 3.69. The van der Waals surface area contributed by atoms with E-state index < -0.39 is 128 Å². The van der Waals surface area contributed by atoms with Crippen LogP contribution in [-0.4, -0.2) is 185 Å². The van der Waals surface area contributed by atoms with Crippen molar-refractivity contribution < 1.29 is 98.9 Å². The van der Waals surface area contributed by atoms with E-state index in [2.05, 4.69) is 0 Å². The van der Waals surface area contributed by atoms with Crippen molar-refractivity contribution in [2.75, 3.05) is 13.2 Å². The van der Waals surface area contributed by atoms with Gasteiger partial charge >= 0.3 is 11.9 Å². The molecule has 0 unspecified atom stereocenters. The van der Waals surface area contributed by atoms with Crippen molar-refractivity contribution in [1.29, 1.82) is 0 Å². The summed E-state index contributed by atoms with van der Waals surface area (Å²) in [4.78, 5) is 96.3. The van der Waals surface area contributed by atoms with E-state index >= 15 is 0 Å². The lowest BCUT2D eigenvalue weighted by Crippen LogP contribution is -2.58. The number of hydrogen-bond donors (Lipinski definition) is 12. The molecule has 0 saturated heterocycles. The summed E-state index contributed by atoms with van der Waals surface area (Å²) in [5, 5.41) is 101. The van der Waals surface area contributed by atoms with E-state index in [1.54, 1.807) is 0 Å². The first-order valence-corrected chi connectivity index (χ1v) is 13.4. The smallest absolute Gasteiger partial charge is 0.375 e. The highest BCUT2D eigenvalue weighted by molar-refractivity contribution is 6.37. The summed E-state index contributed by atoms with van der Waals surface area (Å²) in [7, 11) is 0. The van der Waals surface area contributed by atoms with Gasteiger partial charge in [-0.15, -0.1) is 0 Å². The van der Waals surface area contributed by atoms with Gasteiger partial charge in [0.15, 0.2) is 30.4 Å². The fraction of sp³-hybridized carbons (Fsp3) is 0.680. The van der Waals surface area contributed by atoms with Gasteiger partial charge < -0.3 is 80.8 Å². The molecule has 0 fully saturated rings. The second-order valence-electron chi connectivity index (χ2n) is 9.91. The number of Topliss-reactive ketones (excluding diaryl/α,β-unsaturated/α-hetero) is 2. The lowest BCUT2D eigenvalue weighted by Gasteiger charge is -2.33. The van der Waals surface area contributed by atoms with Crippen molar-refractivity contribution in [1.82, 2.24) is 10.6 Å². The molecule has 0 heterocycles. The van der Waals surface area contributed by atoms with E-state index in [0.717, 1.165) is 13.8 Å². The Morgan fingerprint density at radius 3 is 1.64 bits per heavy atom. The SMILES string of the molecule is CC(=O)N[C@@H](C=O)[C@@H](OC(=O)[C@@H](O)[C@@H](O)[C@H](O)[C@@H](O)C=O)[C@@H](OC(=O)C(=O)CC(=O)[C@@H](NC(C)=O)[C@H](O)[C@H](O)[C@@H](O)CO)[C@H](O)CO. The number of nitrogens with one attached hydrogen (secondary N) is 2. The lowest BCUT2D eigenvalue weighted by molar-refractivity contribution is -0.194. The first-order valence-electron chi connectivity index (χ1n) is 13.4. The minimum Gasteiger partial charge on any atom is -0.454 e. The van der Waals surface area contributed by atoms with Gasteiger partial charge in [0.05, 0.1) is 19.6 Å². The number of carbonyl (C=O) groups excluding carboxylic acids is 8. The molecule has 47 heavy (non-hydrogen) atoms. The molecule has 0 rings (SSSR count). The molecular formula is C25H38N2O20. The van der Waals surface area contributed by atoms with E-state index in [-0.39, 0.29) is 12.6 Å². The molecule has 0 aromatic carbocycles. The van der Waals surface area contributed by atoms with Gasteiger partial charge in [0.2, 0.25) is 17.6 Å². The van der Waals surface area contributed by atoms with Crippen LogP contribution in [0.4, 0.5) is 0 Å². The third kappa shape index (κ3) is 13.1. The Labute approximate surface area is 264 Å². The van der Waals surface area contributed by atoms with Crippen LogP contribution < -0.4 is 10.6 Å². The summed E-state index contributed by atoms with van der Waals surface area (Å²) in [6.07, 6.45) is -26.2. The number of carbonyl (C=O) groups is 8.